The van der Waals surface area contributed by atoms with Crippen molar-refractivity contribution in [3.63, 3.8) is 0 Å². The first-order chi connectivity index (χ1) is 8.50. The quantitative estimate of drug-likeness (QED) is 0.594. The van der Waals surface area contributed by atoms with Gasteiger partial charge >= 0.3 is 0 Å². The number of nitrogens with zero attached hydrogens (tertiary/aromatic N) is 1. The molecule has 2 rings (SSSR count). The van der Waals surface area contributed by atoms with Crippen LogP contribution < -0.4 is 5.32 Å². The smallest absolute Gasteiger partial charge is 0.233 e. The van der Waals surface area contributed by atoms with E-state index in [1.54, 1.807) is 0 Å². The maximum Gasteiger partial charge on any atom is 0.233 e. The largest absolute Gasteiger partial charge is 0.314 e. The Hall–Kier alpha value is -0.900. The van der Waals surface area contributed by atoms with E-state index in [1.165, 1.54) is 4.90 Å². The zero-order valence-corrected chi connectivity index (χ0v) is 11.6. The monoisotopic (exact) mass is 252 g/mol. The fourth-order valence-electron chi connectivity index (χ4n) is 3.19. The van der Waals surface area contributed by atoms with Crippen molar-refractivity contribution < 1.29 is 9.59 Å². The predicted octanol–water partition coefficient (Wildman–Crippen LogP) is 1.41. The Morgan fingerprint density at radius 1 is 1.22 bits per heavy atom. The first kappa shape index (κ1) is 13.5. The van der Waals surface area contributed by atoms with Crippen molar-refractivity contribution in [1.82, 2.24) is 10.2 Å². The standard InChI is InChI=1S/C14H24N2O2/c1-9(2)15-5-4-6-16-13(17)11-7-10(3)8-12(11)14(16)18/h9-12,15H,4-8H2,1-3H3. The number of hydrogen-bond donors (Lipinski definition) is 1. The van der Waals surface area contributed by atoms with Crippen LogP contribution in [0.1, 0.15) is 40.0 Å². The van der Waals surface area contributed by atoms with Crippen LogP contribution in [0.4, 0.5) is 0 Å². The van der Waals surface area contributed by atoms with Gasteiger partial charge in [0, 0.05) is 12.6 Å². The average Bonchev–Trinajstić information content (AvgIpc) is 2.77. The van der Waals surface area contributed by atoms with E-state index in [-0.39, 0.29) is 23.7 Å². The van der Waals surface area contributed by atoms with E-state index >= 15 is 0 Å². The van der Waals surface area contributed by atoms with Crippen molar-refractivity contribution in [2.24, 2.45) is 17.8 Å². The van der Waals surface area contributed by atoms with Crippen molar-refractivity contribution in [3.8, 4) is 0 Å². The van der Waals surface area contributed by atoms with Gasteiger partial charge in [0.1, 0.15) is 0 Å². The summed E-state index contributed by atoms with van der Waals surface area (Å²) in [4.78, 5) is 25.8. The van der Waals surface area contributed by atoms with Gasteiger partial charge in [-0.3, -0.25) is 14.5 Å². The SMILES string of the molecule is CC1CC2C(=O)N(CCCNC(C)C)C(=O)C2C1. The molecule has 1 aliphatic carbocycles. The first-order valence-corrected chi connectivity index (χ1v) is 7.09. The molecule has 2 fully saturated rings. The topological polar surface area (TPSA) is 49.4 Å². The van der Waals surface area contributed by atoms with Crippen LogP contribution in [0.15, 0.2) is 0 Å². The van der Waals surface area contributed by atoms with E-state index in [0.29, 0.717) is 18.5 Å². The number of nitrogens with one attached hydrogen (secondary N) is 1. The zero-order chi connectivity index (χ0) is 13.3. The van der Waals surface area contributed by atoms with Crippen molar-refractivity contribution in [3.05, 3.63) is 0 Å². The minimum absolute atomic E-state index is 0.00874. The predicted molar refractivity (Wildman–Crippen MR) is 69.9 cm³/mol. The summed E-state index contributed by atoms with van der Waals surface area (Å²) < 4.78 is 0. The van der Waals surface area contributed by atoms with Gasteiger partial charge in [-0.1, -0.05) is 20.8 Å². The lowest BCUT2D eigenvalue weighted by molar-refractivity contribution is -0.140. The molecule has 1 saturated heterocycles. The summed E-state index contributed by atoms with van der Waals surface area (Å²) in [6.45, 7) is 7.77. The lowest BCUT2D eigenvalue weighted by atomic mass is 10.00. The summed E-state index contributed by atoms with van der Waals surface area (Å²) in [5.41, 5.74) is 0. The van der Waals surface area contributed by atoms with E-state index in [2.05, 4.69) is 26.1 Å². The number of rotatable bonds is 5. The van der Waals surface area contributed by atoms with E-state index in [0.717, 1.165) is 25.8 Å². The summed E-state index contributed by atoms with van der Waals surface area (Å²) in [5.74, 6) is 0.673. The van der Waals surface area contributed by atoms with Crippen LogP contribution in [0.2, 0.25) is 0 Å². The van der Waals surface area contributed by atoms with Gasteiger partial charge in [-0.25, -0.2) is 0 Å². The maximum absolute atomic E-state index is 12.2. The Morgan fingerprint density at radius 2 is 1.78 bits per heavy atom. The Balaban J connectivity index is 1.84. The van der Waals surface area contributed by atoms with Crippen LogP contribution in [-0.2, 0) is 9.59 Å². The Bertz CT molecular complexity index is 317. The van der Waals surface area contributed by atoms with Gasteiger partial charge in [0.05, 0.1) is 11.8 Å². The lowest BCUT2D eigenvalue weighted by Crippen LogP contribution is -2.35. The van der Waals surface area contributed by atoms with Gasteiger partial charge < -0.3 is 5.32 Å². The van der Waals surface area contributed by atoms with Crippen LogP contribution in [0.3, 0.4) is 0 Å². The fourth-order valence-corrected chi connectivity index (χ4v) is 3.19. The van der Waals surface area contributed by atoms with Crippen molar-refractivity contribution in [2.75, 3.05) is 13.1 Å². The Morgan fingerprint density at radius 3 is 2.28 bits per heavy atom. The van der Waals surface area contributed by atoms with Gasteiger partial charge in [0.2, 0.25) is 11.8 Å². The molecular weight excluding hydrogens is 228 g/mol. The fraction of sp³-hybridized carbons (Fsp3) is 0.857. The lowest BCUT2D eigenvalue weighted by Gasteiger charge is -2.17. The number of imide groups is 1. The molecule has 4 nitrogen and oxygen atoms in total. The molecule has 0 aromatic heterocycles. The molecule has 0 radical (unpaired) electrons. The molecule has 0 bridgehead atoms. The maximum atomic E-state index is 12.2. The van der Waals surface area contributed by atoms with Crippen LogP contribution in [0.25, 0.3) is 0 Å². The highest BCUT2D eigenvalue weighted by Crippen LogP contribution is 2.42. The second kappa shape index (κ2) is 5.39. The molecule has 0 aromatic rings. The third-order valence-corrected chi connectivity index (χ3v) is 4.08. The number of carbonyl (C=O) groups excluding carboxylic acids is 2. The number of amides is 2. The Kier molecular flexibility index (Phi) is 4.05. The van der Waals surface area contributed by atoms with Crippen LogP contribution in [-0.4, -0.2) is 35.8 Å². The summed E-state index contributed by atoms with van der Waals surface area (Å²) in [7, 11) is 0. The van der Waals surface area contributed by atoms with Crippen LogP contribution in [0, 0.1) is 17.8 Å². The van der Waals surface area contributed by atoms with E-state index in [1.807, 2.05) is 0 Å². The third-order valence-electron chi connectivity index (χ3n) is 4.08. The van der Waals surface area contributed by atoms with E-state index in [4.69, 9.17) is 0 Å². The van der Waals surface area contributed by atoms with Gasteiger partial charge in [0.15, 0.2) is 0 Å². The number of hydrogen-bond acceptors (Lipinski definition) is 3. The zero-order valence-electron chi connectivity index (χ0n) is 11.6. The van der Waals surface area contributed by atoms with Crippen LogP contribution in [0.5, 0.6) is 0 Å². The molecule has 2 atom stereocenters. The van der Waals surface area contributed by atoms with Gasteiger partial charge in [-0.05, 0) is 31.7 Å². The minimum Gasteiger partial charge on any atom is -0.314 e. The number of fused-ring (bicyclic) bond motifs is 1. The summed E-state index contributed by atoms with van der Waals surface area (Å²) >= 11 is 0. The molecule has 18 heavy (non-hydrogen) atoms. The number of carbonyl (C=O) groups is 2. The Labute approximate surface area is 109 Å². The summed E-state index contributed by atoms with van der Waals surface area (Å²) in [6, 6.07) is 0.454. The molecule has 0 spiro atoms. The second-order valence-corrected chi connectivity index (χ2v) is 6.08. The third kappa shape index (κ3) is 2.58. The van der Waals surface area contributed by atoms with E-state index < -0.39 is 0 Å². The molecule has 102 valence electrons. The van der Waals surface area contributed by atoms with Crippen molar-refractivity contribution in [1.29, 1.82) is 0 Å². The molecule has 4 heteroatoms. The van der Waals surface area contributed by atoms with E-state index in [9.17, 15) is 9.59 Å². The van der Waals surface area contributed by atoms with Gasteiger partial charge in [-0.2, -0.15) is 0 Å². The summed E-state index contributed by atoms with van der Waals surface area (Å²) in [5, 5.41) is 3.31. The highest BCUT2D eigenvalue weighted by Gasteiger charge is 2.51. The van der Waals surface area contributed by atoms with Crippen molar-refractivity contribution in [2.45, 2.75) is 46.1 Å². The molecule has 2 aliphatic rings. The van der Waals surface area contributed by atoms with Gasteiger partial charge in [-0.15, -0.1) is 0 Å². The second-order valence-electron chi connectivity index (χ2n) is 6.08. The summed E-state index contributed by atoms with van der Waals surface area (Å²) in [6.07, 6.45) is 2.65. The molecule has 1 N–H and O–H groups in total. The molecular formula is C14H24N2O2. The molecule has 1 aliphatic heterocycles. The van der Waals surface area contributed by atoms with Crippen molar-refractivity contribution >= 4 is 11.8 Å². The molecule has 1 heterocycles. The normalized spacial score (nSPS) is 31.6. The average molecular weight is 252 g/mol. The molecule has 1 saturated carbocycles. The van der Waals surface area contributed by atoms with Gasteiger partial charge in [0.25, 0.3) is 0 Å². The van der Waals surface area contributed by atoms with Crippen LogP contribution >= 0.6 is 0 Å². The molecule has 2 amide bonds. The molecule has 0 aromatic carbocycles. The number of likely N-dealkylation sites (tertiary alicyclic amines) is 1. The highest BCUT2D eigenvalue weighted by atomic mass is 16.2. The first-order valence-electron chi connectivity index (χ1n) is 7.09. The highest BCUT2D eigenvalue weighted by molar-refractivity contribution is 6.05. The molecule has 2 unspecified atom stereocenters. The minimum atomic E-state index is -0.00874.